The second kappa shape index (κ2) is 8.18. The number of carbonyl (C=O) groups is 1. The molecule has 2 fully saturated rings. The van der Waals surface area contributed by atoms with Crippen LogP contribution >= 0.6 is 0 Å². The summed E-state index contributed by atoms with van der Waals surface area (Å²) in [5.74, 6) is 0.860. The van der Waals surface area contributed by atoms with Gasteiger partial charge in [-0.2, -0.15) is 0 Å². The molecule has 2 N–H and O–H groups in total. The van der Waals surface area contributed by atoms with Crippen LogP contribution in [0.2, 0.25) is 0 Å². The van der Waals surface area contributed by atoms with Crippen LogP contribution in [0, 0.1) is 5.92 Å². The van der Waals surface area contributed by atoms with E-state index in [0.717, 1.165) is 31.6 Å². The van der Waals surface area contributed by atoms with Crippen molar-refractivity contribution < 1.29 is 13.2 Å². The van der Waals surface area contributed by atoms with Gasteiger partial charge < -0.3 is 10.6 Å². The summed E-state index contributed by atoms with van der Waals surface area (Å²) in [5, 5.41) is 5.55. The number of rotatable bonds is 6. The molecule has 2 saturated carbocycles. The molecule has 5 nitrogen and oxygen atoms in total. The van der Waals surface area contributed by atoms with E-state index >= 15 is 0 Å². The topological polar surface area (TPSA) is 75.3 Å². The first-order valence-corrected chi connectivity index (χ1v) is 10.6. The SMILES string of the molecule is CS(=O)(=O)[C@@H]1CCC[C@@H](NC(=O)NCCCC2CCCC2)C1. The number of amides is 2. The highest BCUT2D eigenvalue weighted by Crippen LogP contribution is 2.28. The fraction of sp³-hybridized carbons (Fsp3) is 0.938. The lowest BCUT2D eigenvalue weighted by Gasteiger charge is -2.28. The van der Waals surface area contributed by atoms with Gasteiger partial charge in [0.1, 0.15) is 9.84 Å². The van der Waals surface area contributed by atoms with Gasteiger partial charge in [0, 0.05) is 18.8 Å². The lowest BCUT2D eigenvalue weighted by molar-refractivity contribution is 0.232. The smallest absolute Gasteiger partial charge is 0.315 e. The first kappa shape index (κ1) is 17.6. The number of hydrogen-bond donors (Lipinski definition) is 2. The van der Waals surface area contributed by atoms with Crippen molar-refractivity contribution in [2.24, 2.45) is 5.92 Å². The van der Waals surface area contributed by atoms with Crippen LogP contribution in [0.4, 0.5) is 4.79 Å². The highest BCUT2D eigenvalue weighted by molar-refractivity contribution is 7.91. The highest BCUT2D eigenvalue weighted by atomic mass is 32.2. The van der Waals surface area contributed by atoms with Crippen molar-refractivity contribution in [1.82, 2.24) is 10.6 Å². The van der Waals surface area contributed by atoms with E-state index in [4.69, 9.17) is 0 Å². The Labute approximate surface area is 134 Å². The predicted octanol–water partition coefficient (Wildman–Crippen LogP) is 2.61. The summed E-state index contributed by atoms with van der Waals surface area (Å²) >= 11 is 0. The Hall–Kier alpha value is -0.780. The van der Waals surface area contributed by atoms with Crippen LogP contribution in [0.3, 0.4) is 0 Å². The number of carbonyl (C=O) groups excluding carboxylic acids is 1. The van der Waals surface area contributed by atoms with E-state index in [2.05, 4.69) is 10.6 Å². The van der Waals surface area contributed by atoms with Gasteiger partial charge >= 0.3 is 6.03 Å². The number of sulfone groups is 1. The minimum Gasteiger partial charge on any atom is -0.338 e. The van der Waals surface area contributed by atoms with E-state index < -0.39 is 9.84 Å². The Morgan fingerprint density at radius 1 is 1.09 bits per heavy atom. The van der Waals surface area contributed by atoms with Gasteiger partial charge in [0.05, 0.1) is 5.25 Å². The Bertz CT molecular complexity index is 458. The van der Waals surface area contributed by atoms with Crippen LogP contribution in [-0.2, 0) is 9.84 Å². The Morgan fingerprint density at radius 2 is 1.82 bits per heavy atom. The molecule has 0 aromatic heterocycles. The van der Waals surface area contributed by atoms with Crippen molar-refractivity contribution in [3.63, 3.8) is 0 Å². The molecular formula is C16H30N2O3S. The van der Waals surface area contributed by atoms with Crippen LogP contribution in [0.25, 0.3) is 0 Å². The molecule has 2 atom stereocenters. The molecule has 2 aliphatic rings. The number of urea groups is 1. The van der Waals surface area contributed by atoms with Crippen LogP contribution in [-0.4, -0.2) is 38.5 Å². The fourth-order valence-corrected chi connectivity index (χ4v) is 4.97. The van der Waals surface area contributed by atoms with Gasteiger partial charge in [-0.05, 0) is 38.0 Å². The normalized spacial score (nSPS) is 26.8. The predicted molar refractivity (Wildman–Crippen MR) is 88.6 cm³/mol. The molecule has 0 bridgehead atoms. The zero-order chi connectivity index (χ0) is 16.0. The third-order valence-electron chi connectivity index (χ3n) is 5.12. The molecule has 0 radical (unpaired) electrons. The number of nitrogens with one attached hydrogen (secondary N) is 2. The van der Waals surface area contributed by atoms with E-state index in [9.17, 15) is 13.2 Å². The highest BCUT2D eigenvalue weighted by Gasteiger charge is 2.29. The van der Waals surface area contributed by atoms with Gasteiger partial charge in [-0.25, -0.2) is 13.2 Å². The van der Waals surface area contributed by atoms with Crippen LogP contribution in [0.15, 0.2) is 0 Å². The van der Waals surface area contributed by atoms with Gasteiger partial charge in [0.2, 0.25) is 0 Å². The number of hydrogen-bond acceptors (Lipinski definition) is 3. The minimum atomic E-state index is -3.00. The van der Waals surface area contributed by atoms with E-state index in [1.807, 2.05) is 0 Å². The maximum absolute atomic E-state index is 11.9. The summed E-state index contributed by atoms with van der Waals surface area (Å²) in [7, 11) is -3.00. The van der Waals surface area contributed by atoms with Crippen molar-refractivity contribution >= 4 is 15.9 Å². The largest absolute Gasteiger partial charge is 0.338 e. The van der Waals surface area contributed by atoms with Crippen LogP contribution in [0.5, 0.6) is 0 Å². The maximum atomic E-state index is 11.9. The second-order valence-corrected chi connectivity index (χ2v) is 9.33. The molecular weight excluding hydrogens is 300 g/mol. The molecule has 0 aromatic rings. The van der Waals surface area contributed by atoms with Gasteiger partial charge in [-0.1, -0.05) is 32.1 Å². The summed E-state index contributed by atoms with van der Waals surface area (Å²) in [5.41, 5.74) is 0. The Morgan fingerprint density at radius 3 is 2.50 bits per heavy atom. The van der Waals surface area contributed by atoms with Gasteiger partial charge in [-0.3, -0.25) is 0 Å². The summed E-state index contributed by atoms with van der Waals surface area (Å²) in [6.07, 6.45) is 12.0. The van der Waals surface area contributed by atoms with Gasteiger partial charge in [-0.15, -0.1) is 0 Å². The lowest BCUT2D eigenvalue weighted by atomic mass is 9.95. The Kier molecular flexibility index (Phi) is 6.53. The van der Waals surface area contributed by atoms with Crippen LogP contribution in [0.1, 0.15) is 64.2 Å². The molecule has 0 aliphatic heterocycles. The average Bonchev–Trinajstić information content (AvgIpc) is 2.96. The van der Waals surface area contributed by atoms with Crippen molar-refractivity contribution in [3.05, 3.63) is 0 Å². The van der Waals surface area contributed by atoms with Gasteiger partial charge in [0.15, 0.2) is 0 Å². The molecule has 22 heavy (non-hydrogen) atoms. The van der Waals surface area contributed by atoms with E-state index in [0.29, 0.717) is 13.0 Å². The molecule has 128 valence electrons. The zero-order valence-electron chi connectivity index (χ0n) is 13.6. The molecule has 0 saturated heterocycles. The van der Waals surface area contributed by atoms with Crippen molar-refractivity contribution in [1.29, 1.82) is 0 Å². The second-order valence-electron chi connectivity index (χ2n) is 7.01. The monoisotopic (exact) mass is 330 g/mol. The van der Waals surface area contributed by atoms with Crippen molar-refractivity contribution in [2.45, 2.75) is 75.5 Å². The van der Waals surface area contributed by atoms with E-state index in [1.54, 1.807) is 0 Å². The van der Waals surface area contributed by atoms with Gasteiger partial charge in [0.25, 0.3) is 0 Å². The first-order valence-electron chi connectivity index (χ1n) is 8.68. The lowest BCUT2D eigenvalue weighted by Crippen LogP contribution is -2.46. The standard InChI is InChI=1S/C16H30N2O3S/c1-22(20,21)15-10-4-9-14(12-15)18-16(19)17-11-5-8-13-6-2-3-7-13/h13-15H,2-12H2,1H3,(H2,17,18,19)/t14-,15-/m1/s1. The van der Waals surface area contributed by atoms with Crippen molar-refractivity contribution in [3.8, 4) is 0 Å². The molecule has 0 spiro atoms. The first-order chi connectivity index (χ1) is 10.4. The minimum absolute atomic E-state index is 0.0108. The molecule has 0 heterocycles. The summed E-state index contributed by atoms with van der Waals surface area (Å²) in [6.45, 7) is 0.713. The Balaban J connectivity index is 1.61. The fourth-order valence-electron chi connectivity index (χ4n) is 3.79. The maximum Gasteiger partial charge on any atom is 0.315 e. The summed E-state index contributed by atoms with van der Waals surface area (Å²) < 4.78 is 23.3. The molecule has 2 rings (SSSR count). The quantitative estimate of drug-likeness (QED) is 0.735. The van der Waals surface area contributed by atoms with E-state index in [-0.39, 0.29) is 17.3 Å². The van der Waals surface area contributed by atoms with Crippen LogP contribution < -0.4 is 10.6 Å². The molecule has 6 heteroatoms. The molecule has 0 aromatic carbocycles. The molecule has 0 unspecified atom stereocenters. The molecule has 2 aliphatic carbocycles. The van der Waals surface area contributed by atoms with E-state index in [1.165, 1.54) is 38.4 Å². The van der Waals surface area contributed by atoms with Crippen molar-refractivity contribution in [2.75, 3.05) is 12.8 Å². The average molecular weight is 330 g/mol. The third-order valence-corrected chi connectivity index (χ3v) is 6.76. The zero-order valence-corrected chi connectivity index (χ0v) is 14.5. The third kappa shape index (κ3) is 5.78. The molecule has 2 amide bonds. The summed E-state index contributed by atoms with van der Waals surface area (Å²) in [6, 6.07) is -0.158. The summed E-state index contributed by atoms with van der Waals surface area (Å²) in [4.78, 5) is 11.9.